The van der Waals surface area contributed by atoms with E-state index in [4.69, 9.17) is 9.08 Å². The highest BCUT2D eigenvalue weighted by Gasteiger charge is 2.58. The van der Waals surface area contributed by atoms with Gasteiger partial charge in [-0.1, -0.05) is 148 Å². The van der Waals surface area contributed by atoms with Crippen LogP contribution in [0.4, 0.5) is 5.69 Å². The molecule has 0 spiro atoms. The van der Waals surface area contributed by atoms with Crippen molar-refractivity contribution in [2.75, 3.05) is 11.5 Å². The second-order valence-electron chi connectivity index (χ2n) is 16.7. The Morgan fingerprint density at radius 3 is 1.97 bits per heavy atom. The van der Waals surface area contributed by atoms with Crippen LogP contribution in [0.2, 0.25) is 11.4 Å². The van der Waals surface area contributed by atoms with Crippen LogP contribution in [0.1, 0.15) is 51.2 Å². The highest BCUT2D eigenvalue weighted by molar-refractivity contribution is 6.99. The van der Waals surface area contributed by atoms with E-state index in [9.17, 15) is 19.7 Å². The summed E-state index contributed by atoms with van der Waals surface area (Å²) in [7, 11) is -4.12. The van der Waals surface area contributed by atoms with Gasteiger partial charge in [0.05, 0.1) is 30.2 Å². The van der Waals surface area contributed by atoms with Gasteiger partial charge in [0.1, 0.15) is 5.75 Å². The number of imide groups is 1. The van der Waals surface area contributed by atoms with Crippen molar-refractivity contribution in [1.82, 2.24) is 0 Å². The number of phenols is 1. The zero-order valence-electron chi connectivity index (χ0n) is 33.3. The smallest absolute Gasteiger partial charge is 0.455 e. The molecule has 2 aliphatic heterocycles. The minimum atomic E-state index is -3.00. The molecule has 2 amide bonds. The molecule has 7 nitrogen and oxygen atoms in total. The molecule has 294 valence electrons. The molecule has 0 unspecified atom stereocenters. The van der Waals surface area contributed by atoms with Crippen LogP contribution in [-0.4, -0.2) is 50.1 Å². The lowest BCUT2D eigenvalue weighted by Crippen LogP contribution is -2.66. The van der Waals surface area contributed by atoms with E-state index in [2.05, 4.69) is 81.4 Å². The predicted octanol–water partition coefficient (Wildman–Crippen LogP) is 8.29. The molecule has 0 saturated carbocycles. The van der Waals surface area contributed by atoms with Gasteiger partial charge >= 0.3 is 7.12 Å². The molecule has 4 atom stereocenters. The van der Waals surface area contributed by atoms with Crippen LogP contribution >= 0.6 is 0 Å². The third-order valence-electron chi connectivity index (χ3n) is 12.3. The third kappa shape index (κ3) is 7.44. The number of phenolic OH excluding ortho intramolecular Hbond substituents is 1. The Kier molecular flexibility index (Phi) is 11.2. The summed E-state index contributed by atoms with van der Waals surface area (Å²) >= 11 is 0. The molecular weight excluding hydrogens is 737 g/mol. The summed E-state index contributed by atoms with van der Waals surface area (Å²) in [5.74, 6) is -1.89. The van der Waals surface area contributed by atoms with Crippen LogP contribution in [0, 0.1) is 17.8 Å². The highest BCUT2D eigenvalue weighted by atomic mass is 28.4. The summed E-state index contributed by atoms with van der Waals surface area (Å²) in [5.41, 5.74) is 5.22. The van der Waals surface area contributed by atoms with E-state index in [1.807, 2.05) is 66.7 Å². The summed E-state index contributed by atoms with van der Waals surface area (Å²) in [5, 5.41) is 24.2. The van der Waals surface area contributed by atoms with Crippen molar-refractivity contribution in [2.24, 2.45) is 17.8 Å². The lowest BCUT2D eigenvalue weighted by molar-refractivity contribution is -0.122. The molecule has 9 heteroatoms. The first kappa shape index (κ1) is 39.5. The van der Waals surface area contributed by atoms with Crippen molar-refractivity contribution in [3.05, 3.63) is 168 Å². The summed E-state index contributed by atoms with van der Waals surface area (Å²) < 4.78 is 14.1. The van der Waals surface area contributed by atoms with Gasteiger partial charge < -0.3 is 19.2 Å². The number of hydrogen-bond donors (Lipinski definition) is 2. The quantitative estimate of drug-likeness (QED) is 0.0606. The Bertz CT molecular complexity index is 2270. The molecule has 5 aromatic rings. The number of amides is 2. The first-order valence-corrected chi connectivity index (χ1v) is 22.2. The number of para-hydroxylation sites is 2. The van der Waals surface area contributed by atoms with Crippen LogP contribution in [0.25, 0.3) is 11.6 Å². The molecule has 0 bridgehead atoms. The van der Waals surface area contributed by atoms with E-state index in [0.717, 1.165) is 32.7 Å². The largest absolute Gasteiger partial charge is 0.507 e. The molecule has 0 aromatic heterocycles. The van der Waals surface area contributed by atoms with Crippen molar-refractivity contribution in [3.63, 3.8) is 0 Å². The van der Waals surface area contributed by atoms with Gasteiger partial charge in [0.15, 0.2) is 0 Å². The number of anilines is 1. The molecule has 2 N–H and O–H groups in total. The van der Waals surface area contributed by atoms with Crippen molar-refractivity contribution in [2.45, 2.75) is 57.5 Å². The Balaban J connectivity index is 1.23. The molecule has 1 aliphatic carbocycles. The Morgan fingerprint density at radius 1 is 0.793 bits per heavy atom. The van der Waals surface area contributed by atoms with Gasteiger partial charge in [-0.05, 0) is 93.5 Å². The fraction of sp³-hybridized carbons (Fsp3) is 0.265. The summed E-state index contributed by atoms with van der Waals surface area (Å²) in [6, 6.07) is 47.5. The summed E-state index contributed by atoms with van der Waals surface area (Å²) in [4.78, 5) is 30.3. The maximum absolute atomic E-state index is 14.5. The highest BCUT2D eigenvalue weighted by Crippen LogP contribution is 2.52. The summed E-state index contributed by atoms with van der Waals surface area (Å²) in [6.07, 6.45) is 3.09. The first-order valence-electron chi connectivity index (χ1n) is 20.3. The minimum Gasteiger partial charge on any atom is -0.507 e. The second-order valence-corrected chi connectivity index (χ2v) is 21.1. The lowest BCUT2D eigenvalue weighted by atomic mass is 9.58. The van der Waals surface area contributed by atoms with Crippen LogP contribution < -0.4 is 15.3 Å². The number of fused-ring (bicyclic) bond motifs is 3. The predicted molar refractivity (Wildman–Crippen MR) is 234 cm³/mol. The van der Waals surface area contributed by atoms with Gasteiger partial charge in [0.25, 0.3) is 8.32 Å². The van der Waals surface area contributed by atoms with E-state index >= 15 is 0 Å². The van der Waals surface area contributed by atoms with Crippen LogP contribution in [-0.2, 0) is 18.7 Å². The van der Waals surface area contributed by atoms with E-state index in [1.54, 1.807) is 24.3 Å². The molecular formula is C49H50BNO6Si. The number of benzene rings is 5. The van der Waals surface area contributed by atoms with Gasteiger partial charge in [-0.25, -0.2) is 0 Å². The lowest BCUT2D eigenvalue weighted by Gasteiger charge is -2.46. The number of aromatic hydroxyl groups is 1. The first-order chi connectivity index (χ1) is 28.1. The monoisotopic (exact) mass is 787 g/mol. The molecule has 3 aliphatic rings. The molecule has 5 aromatic carbocycles. The maximum atomic E-state index is 14.5. The molecule has 0 radical (unpaired) electrons. The summed E-state index contributed by atoms with van der Waals surface area (Å²) in [6.45, 7) is 7.00. The molecule has 2 saturated heterocycles. The maximum Gasteiger partial charge on any atom is 0.455 e. The van der Waals surface area contributed by atoms with E-state index in [0.29, 0.717) is 30.5 Å². The fourth-order valence-electron chi connectivity index (χ4n) is 9.72. The van der Waals surface area contributed by atoms with Crippen molar-refractivity contribution >= 4 is 55.0 Å². The van der Waals surface area contributed by atoms with Crippen LogP contribution in [0.15, 0.2) is 157 Å². The van der Waals surface area contributed by atoms with E-state index < -0.39 is 39.3 Å². The molecule has 2 heterocycles. The van der Waals surface area contributed by atoms with Gasteiger partial charge in [-0.15, -0.1) is 0 Å². The Morgan fingerprint density at radius 2 is 1.36 bits per heavy atom. The molecule has 58 heavy (non-hydrogen) atoms. The number of allylic oxidation sites excluding steroid dienone is 1. The number of nitrogens with zero attached hydrogens (tertiary/aromatic N) is 1. The van der Waals surface area contributed by atoms with Gasteiger partial charge in [-0.3, -0.25) is 14.5 Å². The SMILES string of the molecule is CC(C)(C)[Si](OCC1=C2[C@@H](CC/C(=C/c3ccccc3O)c3ccccc3)OB(O)C[C@@H]2[C@@H]2C(=O)N(c3ccccc3)C(=O)[C@@H]2C1)(c1ccccc1)c1ccccc1. The Hall–Kier alpha value is -5.32. The number of carbonyl (C=O) groups excluding carboxylic acids is 2. The zero-order chi connectivity index (χ0) is 40.4. The average Bonchev–Trinajstić information content (AvgIpc) is 3.49. The normalized spacial score (nSPS) is 21.3. The topological polar surface area (TPSA) is 96.3 Å². The van der Waals surface area contributed by atoms with E-state index in [1.165, 1.54) is 4.90 Å². The number of rotatable bonds is 11. The number of hydrogen-bond acceptors (Lipinski definition) is 6. The van der Waals surface area contributed by atoms with Gasteiger partial charge in [0.2, 0.25) is 11.8 Å². The average molecular weight is 788 g/mol. The third-order valence-corrected chi connectivity index (χ3v) is 17.3. The van der Waals surface area contributed by atoms with Crippen molar-refractivity contribution in [1.29, 1.82) is 0 Å². The second kappa shape index (κ2) is 16.5. The fourth-order valence-corrected chi connectivity index (χ4v) is 14.3. The van der Waals surface area contributed by atoms with Crippen LogP contribution in [0.5, 0.6) is 5.75 Å². The zero-order valence-corrected chi connectivity index (χ0v) is 34.3. The van der Waals surface area contributed by atoms with Crippen LogP contribution in [0.3, 0.4) is 0 Å². The van der Waals surface area contributed by atoms with Crippen molar-refractivity contribution in [3.8, 4) is 5.75 Å². The van der Waals surface area contributed by atoms with Gasteiger partial charge in [0, 0.05) is 5.56 Å². The molecule has 8 rings (SSSR count). The van der Waals surface area contributed by atoms with Crippen molar-refractivity contribution < 1.29 is 28.8 Å². The molecule has 2 fully saturated rings. The number of carbonyl (C=O) groups is 2. The van der Waals surface area contributed by atoms with E-state index in [-0.39, 0.29) is 35.5 Å². The Labute approximate surface area is 342 Å². The standard InChI is InChI=1S/C49H50BNO6Si/c1-49(2,3)58(39-23-12-6-13-24-39,40-25-14-7-15-26-40)56-33-37-31-41-46(48(54)51(47(41)53)38-21-10-5-11-22-38)42-32-50(55)57-44(45(37)42)29-28-35(34-18-8-4-9-19-34)30-36-20-16-17-27-43(36)52/h4-27,30,41-42,44,46,52,55H,28-29,31-33H2,1-3H3/b35-30-/t41-,42+,44-,46-/m1/s1. The van der Waals surface area contributed by atoms with Gasteiger partial charge in [-0.2, -0.15) is 0 Å². The minimum absolute atomic E-state index is 0.191.